The van der Waals surface area contributed by atoms with Crippen molar-refractivity contribution in [2.24, 2.45) is 5.92 Å². The summed E-state index contributed by atoms with van der Waals surface area (Å²) in [4.78, 5) is 39.4. The molecule has 122 valence electrons. The molecule has 0 bridgehead atoms. The Bertz CT molecular complexity index is 658. The Hall–Kier alpha value is -2.37. The SMILES string of the molecule is CCN1C[C@H](C(=O)N2Cc3ccccc3C[C@@H]2C(=O)O)CC1=O. The van der Waals surface area contributed by atoms with E-state index in [1.54, 1.807) is 4.90 Å². The second-order valence-corrected chi connectivity index (χ2v) is 6.13. The summed E-state index contributed by atoms with van der Waals surface area (Å²) in [6, 6.07) is 6.74. The van der Waals surface area contributed by atoms with Crippen molar-refractivity contribution in [3.8, 4) is 0 Å². The quantitative estimate of drug-likeness (QED) is 0.898. The van der Waals surface area contributed by atoms with Gasteiger partial charge in [0.2, 0.25) is 11.8 Å². The summed E-state index contributed by atoms with van der Waals surface area (Å²) >= 11 is 0. The molecule has 1 aromatic rings. The molecule has 0 unspecified atom stereocenters. The molecule has 2 aliphatic heterocycles. The molecule has 1 saturated heterocycles. The van der Waals surface area contributed by atoms with E-state index in [1.807, 2.05) is 31.2 Å². The molecule has 0 aromatic heterocycles. The van der Waals surface area contributed by atoms with E-state index in [9.17, 15) is 19.5 Å². The minimum Gasteiger partial charge on any atom is -0.480 e. The lowest BCUT2D eigenvalue weighted by atomic mass is 9.92. The van der Waals surface area contributed by atoms with E-state index in [4.69, 9.17) is 0 Å². The van der Waals surface area contributed by atoms with E-state index in [0.717, 1.165) is 11.1 Å². The summed E-state index contributed by atoms with van der Waals surface area (Å²) in [6.07, 6.45) is 0.493. The molecule has 3 rings (SSSR count). The lowest BCUT2D eigenvalue weighted by molar-refractivity contribution is -0.153. The first kappa shape index (κ1) is 15.5. The molecule has 1 fully saturated rings. The van der Waals surface area contributed by atoms with E-state index in [2.05, 4.69) is 0 Å². The first-order chi connectivity index (χ1) is 11.0. The van der Waals surface area contributed by atoms with Crippen LogP contribution >= 0.6 is 0 Å². The highest BCUT2D eigenvalue weighted by atomic mass is 16.4. The number of rotatable bonds is 3. The van der Waals surface area contributed by atoms with Gasteiger partial charge in [0.25, 0.3) is 0 Å². The summed E-state index contributed by atoms with van der Waals surface area (Å²) in [5.41, 5.74) is 1.96. The van der Waals surface area contributed by atoms with Gasteiger partial charge in [-0.25, -0.2) is 4.79 Å². The van der Waals surface area contributed by atoms with Crippen LogP contribution in [0.15, 0.2) is 24.3 Å². The monoisotopic (exact) mass is 316 g/mol. The van der Waals surface area contributed by atoms with Crippen molar-refractivity contribution >= 4 is 17.8 Å². The summed E-state index contributed by atoms with van der Waals surface area (Å²) < 4.78 is 0. The Kier molecular flexibility index (Phi) is 4.07. The minimum absolute atomic E-state index is 0.0323. The number of fused-ring (bicyclic) bond motifs is 1. The number of carboxylic acid groups (broad SMARTS) is 1. The van der Waals surface area contributed by atoms with Gasteiger partial charge in [-0.3, -0.25) is 9.59 Å². The molecule has 6 heteroatoms. The number of hydrogen-bond donors (Lipinski definition) is 1. The van der Waals surface area contributed by atoms with Crippen molar-refractivity contribution in [3.63, 3.8) is 0 Å². The van der Waals surface area contributed by atoms with E-state index in [1.165, 1.54) is 4.90 Å². The number of carboxylic acids is 1. The molecule has 2 atom stereocenters. The predicted octanol–water partition coefficient (Wildman–Crippen LogP) is 0.893. The lowest BCUT2D eigenvalue weighted by Crippen LogP contribution is -2.51. The maximum absolute atomic E-state index is 12.8. The molecule has 1 aromatic carbocycles. The zero-order valence-corrected chi connectivity index (χ0v) is 13.1. The molecular formula is C17H20N2O4. The number of carbonyl (C=O) groups is 3. The number of carbonyl (C=O) groups excluding carboxylic acids is 2. The fraction of sp³-hybridized carbons (Fsp3) is 0.471. The van der Waals surface area contributed by atoms with Gasteiger partial charge in [0.15, 0.2) is 0 Å². The average molecular weight is 316 g/mol. The van der Waals surface area contributed by atoms with Crippen LogP contribution < -0.4 is 0 Å². The molecule has 6 nitrogen and oxygen atoms in total. The number of nitrogens with zero attached hydrogens (tertiary/aromatic N) is 2. The number of benzene rings is 1. The number of amides is 2. The highest BCUT2D eigenvalue weighted by molar-refractivity contribution is 5.91. The Balaban J connectivity index is 1.84. The van der Waals surface area contributed by atoms with E-state index < -0.39 is 17.9 Å². The van der Waals surface area contributed by atoms with Gasteiger partial charge >= 0.3 is 5.97 Å². The van der Waals surface area contributed by atoms with Gasteiger partial charge < -0.3 is 14.9 Å². The Morgan fingerprint density at radius 1 is 1.22 bits per heavy atom. The minimum atomic E-state index is -0.996. The third-order valence-electron chi connectivity index (χ3n) is 4.76. The third-order valence-corrected chi connectivity index (χ3v) is 4.76. The van der Waals surface area contributed by atoms with Crippen molar-refractivity contribution in [1.82, 2.24) is 9.80 Å². The molecular weight excluding hydrogens is 296 g/mol. The van der Waals surface area contributed by atoms with Crippen molar-refractivity contribution in [1.29, 1.82) is 0 Å². The summed E-state index contributed by atoms with van der Waals surface area (Å²) in [5, 5.41) is 9.50. The van der Waals surface area contributed by atoms with Crippen LogP contribution in [0.4, 0.5) is 0 Å². The fourth-order valence-electron chi connectivity index (χ4n) is 3.45. The normalized spacial score (nSPS) is 23.8. The summed E-state index contributed by atoms with van der Waals surface area (Å²) in [7, 11) is 0. The van der Waals surface area contributed by atoms with Crippen LogP contribution in [0.3, 0.4) is 0 Å². The van der Waals surface area contributed by atoms with Crippen LogP contribution in [0.5, 0.6) is 0 Å². The zero-order chi connectivity index (χ0) is 16.6. The second-order valence-electron chi connectivity index (χ2n) is 6.13. The highest BCUT2D eigenvalue weighted by Gasteiger charge is 2.41. The highest BCUT2D eigenvalue weighted by Crippen LogP contribution is 2.28. The summed E-state index contributed by atoms with van der Waals surface area (Å²) in [6.45, 7) is 3.14. The van der Waals surface area contributed by atoms with Gasteiger partial charge in [-0.05, 0) is 18.1 Å². The van der Waals surface area contributed by atoms with Gasteiger partial charge in [-0.2, -0.15) is 0 Å². The first-order valence-electron chi connectivity index (χ1n) is 7.89. The van der Waals surface area contributed by atoms with Gasteiger partial charge in [0, 0.05) is 32.5 Å². The number of likely N-dealkylation sites (tertiary alicyclic amines) is 1. The molecule has 2 heterocycles. The molecule has 0 radical (unpaired) electrons. The van der Waals surface area contributed by atoms with Crippen LogP contribution in [0.1, 0.15) is 24.5 Å². The molecule has 23 heavy (non-hydrogen) atoms. The summed E-state index contributed by atoms with van der Waals surface area (Å²) in [5.74, 6) is -1.69. The Labute approximate surface area is 134 Å². The van der Waals surface area contributed by atoms with Crippen molar-refractivity contribution in [2.45, 2.75) is 32.4 Å². The lowest BCUT2D eigenvalue weighted by Gasteiger charge is -2.35. The molecule has 1 N–H and O–H groups in total. The topological polar surface area (TPSA) is 77.9 Å². The number of hydrogen-bond acceptors (Lipinski definition) is 3. The number of aliphatic carboxylic acids is 1. The van der Waals surface area contributed by atoms with Crippen LogP contribution in [0.2, 0.25) is 0 Å². The Morgan fingerprint density at radius 3 is 2.52 bits per heavy atom. The van der Waals surface area contributed by atoms with Gasteiger partial charge in [0.1, 0.15) is 6.04 Å². The van der Waals surface area contributed by atoms with Crippen molar-refractivity contribution < 1.29 is 19.5 Å². The van der Waals surface area contributed by atoms with Crippen molar-refractivity contribution in [3.05, 3.63) is 35.4 Å². The molecule has 0 spiro atoms. The first-order valence-corrected chi connectivity index (χ1v) is 7.89. The van der Waals surface area contributed by atoms with Gasteiger partial charge in [-0.15, -0.1) is 0 Å². The molecule has 2 amide bonds. The molecule has 0 aliphatic carbocycles. The maximum Gasteiger partial charge on any atom is 0.326 e. The third kappa shape index (κ3) is 2.81. The van der Waals surface area contributed by atoms with Gasteiger partial charge in [-0.1, -0.05) is 24.3 Å². The average Bonchev–Trinajstić information content (AvgIpc) is 2.93. The van der Waals surface area contributed by atoms with Crippen LogP contribution in [-0.2, 0) is 27.3 Å². The van der Waals surface area contributed by atoms with E-state index in [0.29, 0.717) is 26.1 Å². The second kappa shape index (κ2) is 6.02. The smallest absolute Gasteiger partial charge is 0.326 e. The zero-order valence-electron chi connectivity index (χ0n) is 13.1. The van der Waals surface area contributed by atoms with E-state index >= 15 is 0 Å². The Morgan fingerprint density at radius 2 is 1.91 bits per heavy atom. The molecule has 2 aliphatic rings. The van der Waals surface area contributed by atoms with Gasteiger partial charge in [0.05, 0.1) is 5.92 Å². The standard InChI is InChI=1S/C17H20N2O4/c1-2-18-9-13(8-15(18)20)16(21)19-10-12-6-4-3-5-11(12)7-14(19)17(22)23/h3-6,13-14H,2,7-10H2,1H3,(H,22,23)/t13-,14-/m1/s1. The van der Waals surface area contributed by atoms with Crippen molar-refractivity contribution in [2.75, 3.05) is 13.1 Å². The largest absolute Gasteiger partial charge is 0.480 e. The van der Waals surface area contributed by atoms with E-state index in [-0.39, 0.29) is 18.2 Å². The molecule has 0 saturated carbocycles. The van der Waals surface area contributed by atoms with Crippen LogP contribution in [0.25, 0.3) is 0 Å². The van der Waals surface area contributed by atoms with Crippen LogP contribution in [0, 0.1) is 5.92 Å². The fourth-order valence-corrected chi connectivity index (χ4v) is 3.45. The predicted molar refractivity (Wildman–Crippen MR) is 82.5 cm³/mol. The maximum atomic E-state index is 12.8. The van der Waals surface area contributed by atoms with Crippen LogP contribution in [-0.4, -0.2) is 51.8 Å².